The molecular weight excluding hydrogens is 472 g/mol. The molecule has 0 aromatic rings. The predicted molar refractivity (Wildman–Crippen MR) is 101 cm³/mol. The fourth-order valence-corrected chi connectivity index (χ4v) is 3.95. The molecule has 0 saturated carbocycles. The van der Waals surface area contributed by atoms with Gasteiger partial charge in [-0.3, -0.25) is 0 Å². The van der Waals surface area contributed by atoms with Crippen molar-refractivity contribution in [1.82, 2.24) is 0 Å². The average molecular weight is 504 g/mol. The summed E-state index contributed by atoms with van der Waals surface area (Å²) in [5.41, 5.74) is 0. The van der Waals surface area contributed by atoms with Crippen molar-refractivity contribution in [2.45, 2.75) is 92.1 Å². The number of rotatable bonds is 7. The molecule has 3 aliphatic heterocycles. The molecule has 15 atom stereocenters. The summed E-state index contributed by atoms with van der Waals surface area (Å²) in [7, 11) is 0. The van der Waals surface area contributed by atoms with Gasteiger partial charge in [0.25, 0.3) is 0 Å². The number of aliphatic hydroxyl groups excluding tert-OH is 11. The molecule has 16 nitrogen and oxygen atoms in total. The zero-order chi connectivity index (χ0) is 25.3. The first kappa shape index (κ1) is 27.9. The highest BCUT2D eigenvalue weighted by atomic mass is 16.7. The van der Waals surface area contributed by atoms with E-state index >= 15 is 0 Å². The molecule has 0 spiro atoms. The Balaban J connectivity index is 1.66. The average Bonchev–Trinajstić information content (AvgIpc) is 2.82. The SMILES string of the molecule is OC[C@H]1O[C@H](OC[C@H]2O[C@H](O[C@H]3[C@H](O)[C@@H](O)C(O)O[C@@H]3CO)[C@H](O)[C@@H](O)[C@@H]2O)[C@H](O)[C@@H](O)[C@H]1O. The van der Waals surface area contributed by atoms with E-state index < -0.39 is 112 Å². The Hall–Kier alpha value is -0.640. The second-order valence-electron chi connectivity index (χ2n) is 8.37. The van der Waals surface area contributed by atoms with Crippen LogP contribution in [0.1, 0.15) is 0 Å². The van der Waals surface area contributed by atoms with Gasteiger partial charge >= 0.3 is 0 Å². The summed E-state index contributed by atoms with van der Waals surface area (Å²) in [5.74, 6) is 0. The molecule has 1 unspecified atom stereocenters. The number of hydrogen-bond acceptors (Lipinski definition) is 16. The highest BCUT2D eigenvalue weighted by Gasteiger charge is 2.51. The lowest BCUT2D eigenvalue weighted by atomic mass is 9.97. The van der Waals surface area contributed by atoms with Crippen LogP contribution in [0.5, 0.6) is 0 Å². The molecule has 11 N–H and O–H groups in total. The van der Waals surface area contributed by atoms with Gasteiger partial charge < -0.3 is 79.9 Å². The summed E-state index contributed by atoms with van der Waals surface area (Å²) in [4.78, 5) is 0. The third-order valence-electron chi connectivity index (χ3n) is 6.07. The zero-order valence-corrected chi connectivity index (χ0v) is 17.7. The van der Waals surface area contributed by atoms with Crippen LogP contribution in [0, 0.1) is 0 Å². The van der Waals surface area contributed by atoms with Crippen molar-refractivity contribution in [3.8, 4) is 0 Å². The third kappa shape index (κ3) is 5.52. The first-order valence-electron chi connectivity index (χ1n) is 10.6. The Morgan fingerprint density at radius 2 is 1.03 bits per heavy atom. The number of hydrogen-bond donors (Lipinski definition) is 11. The number of ether oxygens (including phenoxy) is 5. The molecule has 0 amide bonds. The molecular formula is C18H32O16. The van der Waals surface area contributed by atoms with Gasteiger partial charge in [0, 0.05) is 0 Å². The van der Waals surface area contributed by atoms with Crippen LogP contribution in [-0.2, 0) is 23.7 Å². The van der Waals surface area contributed by atoms with Gasteiger partial charge in [0.15, 0.2) is 18.9 Å². The molecule has 34 heavy (non-hydrogen) atoms. The van der Waals surface area contributed by atoms with Crippen molar-refractivity contribution < 1.29 is 79.9 Å². The topological polar surface area (TPSA) is 269 Å². The summed E-state index contributed by atoms with van der Waals surface area (Å²) in [6.45, 7) is -2.07. The molecule has 3 aliphatic rings. The Morgan fingerprint density at radius 1 is 0.500 bits per heavy atom. The Labute approximate surface area is 192 Å². The van der Waals surface area contributed by atoms with E-state index in [0.29, 0.717) is 0 Å². The largest absolute Gasteiger partial charge is 0.394 e. The van der Waals surface area contributed by atoms with Gasteiger partial charge in [-0.1, -0.05) is 0 Å². The number of aliphatic hydroxyl groups is 11. The highest BCUT2D eigenvalue weighted by Crippen LogP contribution is 2.29. The fraction of sp³-hybridized carbons (Fsp3) is 1.00. The summed E-state index contributed by atoms with van der Waals surface area (Å²) >= 11 is 0. The van der Waals surface area contributed by atoms with Gasteiger partial charge in [-0.05, 0) is 0 Å². The normalized spacial score (nSPS) is 52.5. The Kier molecular flexibility index (Phi) is 9.54. The minimum Gasteiger partial charge on any atom is -0.394 e. The van der Waals surface area contributed by atoms with Crippen LogP contribution in [-0.4, -0.2) is 168 Å². The van der Waals surface area contributed by atoms with Crippen LogP contribution in [0.25, 0.3) is 0 Å². The molecule has 0 aliphatic carbocycles. The van der Waals surface area contributed by atoms with Crippen molar-refractivity contribution in [2.24, 2.45) is 0 Å². The van der Waals surface area contributed by atoms with Crippen LogP contribution in [0.15, 0.2) is 0 Å². The second kappa shape index (κ2) is 11.6. The van der Waals surface area contributed by atoms with Gasteiger partial charge in [-0.15, -0.1) is 0 Å². The maximum Gasteiger partial charge on any atom is 0.187 e. The Morgan fingerprint density at radius 3 is 1.62 bits per heavy atom. The lowest BCUT2D eigenvalue weighted by Gasteiger charge is -2.45. The van der Waals surface area contributed by atoms with Crippen molar-refractivity contribution >= 4 is 0 Å². The smallest absolute Gasteiger partial charge is 0.187 e. The quantitative estimate of drug-likeness (QED) is 0.154. The van der Waals surface area contributed by atoms with E-state index in [1.165, 1.54) is 0 Å². The minimum absolute atomic E-state index is 0.609. The molecule has 3 saturated heterocycles. The maximum atomic E-state index is 10.3. The van der Waals surface area contributed by atoms with E-state index in [4.69, 9.17) is 23.7 Å². The van der Waals surface area contributed by atoms with Crippen molar-refractivity contribution in [3.05, 3.63) is 0 Å². The molecule has 3 rings (SSSR count). The molecule has 0 bridgehead atoms. The standard InChI is InChI=1S/C18H32O16/c19-1-4-7(21)9(23)13(27)17(32-4)30-3-6-8(22)10(24)14(28)18(33-6)34-15-5(2-20)31-16(29)12(26)11(15)25/h4-29H,1-3H2/t4-,5-,6-,7+,8-,9+,10+,11-,12-,13-,14-,15-,16?,17+,18-/m1/s1. The molecule has 0 radical (unpaired) electrons. The molecule has 200 valence electrons. The fourth-order valence-electron chi connectivity index (χ4n) is 3.95. The summed E-state index contributed by atoms with van der Waals surface area (Å²) in [6, 6.07) is 0. The van der Waals surface area contributed by atoms with Crippen LogP contribution < -0.4 is 0 Å². The summed E-state index contributed by atoms with van der Waals surface area (Å²) in [5, 5.41) is 109. The third-order valence-corrected chi connectivity index (χ3v) is 6.07. The van der Waals surface area contributed by atoms with E-state index in [1.807, 2.05) is 0 Å². The van der Waals surface area contributed by atoms with Crippen LogP contribution in [0.2, 0.25) is 0 Å². The molecule has 0 aromatic heterocycles. The van der Waals surface area contributed by atoms with Gasteiger partial charge in [0.2, 0.25) is 0 Å². The first-order chi connectivity index (χ1) is 16.0. The summed E-state index contributed by atoms with van der Waals surface area (Å²) < 4.78 is 26.3. The van der Waals surface area contributed by atoms with E-state index in [0.717, 1.165) is 0 Å². The molecule has 16 heteroatoms. The van der Waals surface area contributed by atoms with Crippen LogP contribution in [0.4, 0.5) is 0 Å². The van der Waals surface area contributed by atoms with E-state index in [2.05, 4.69) is 0 Å². The Bertz CT molecular complexity index is 637. The maximum absolute atomic E-state index is 10.3. The zero-order valence-electron chi connectivity index (χ0n) is 17.7. The predicted octanol–water partition coefficient (Wildman–Crippen LogP) is -7.57. The molecule has 0 aromatic carbocycles. The monoisotopic (exact) mass is 504 g/mol. The van der Waals surface area contributed by atoms with Gasteiger partial charge in [0.05, 0.1) is 19.8 Å². The lowest BCUT2D eigenvalue weighted by molar-refractivity contribution is -0.362. The molecule has 3 fully saturated rings. The van der Waals surface area contributed by atoms with Crippen LogP contribution >= 0.6 is 0 Å². The van der Waals surface area contributed by atoms with Crippen molar-refractivity contribution in [3.63, 3.8) is 0 Å². The minimum atomic E-state index is -1.87. The lowest BCUT2D eigenvalue weighted by Crippen LogP contribution is -2.65. The molecule has 3 heterocycles. The van der Waals surface area contributed by atoms with Crippen molar-refractivity contribution in [1.29, 1.82) is 0 Å². The van der Waals surface area contributed by atoms with E-state index in [1.54, 1.807) is 0 Å². The van der Waals surface area contributed by atoms with Gasteiger partial charge in [-0.2, -0.15) is 0 Å². The van der Waals surface area contributed by atoms with Gasteiger partial charge in [-0.25, -0.2) is 0 Å². The van der Waals surface area contributed by atoms with E-state index in [-0.39, 0.29) is 0 Å². The van der Waals surface area contributed by atoms with Gasteiger partial charge in [0.1, 0.15) is 73.2 Å². The first-order valence-corrected chi connectivity index (χ1v) is 10.6. The van der Waals surface area contributed by atoms with E-state index in [9.17, 15) is 56.2 Å². The van der Waals surface area contributed by atoms with Crippen LogP contribution in [0.3, 0.4) is 0 Å². The highest BCUT2D eigenvalue weighted by molar-refractivity contribution is 4.94. The van der Waals surface area contributed by atoms with Crippen molar-refractivity contribution in [2.75, 3.05) is 19.8 Å². The summed E-state index contributed by atoms with van der Waals surface area (Å²) in [6.07, 6.45) is -24.9. The second-order valence-corrected chi connectivity index (χ2v) is 8.37.